The van der Waals surface area contributed by atoms with Gasteiger partial charge in [0.05, 0.1) is 5.92 Å². The van der Waals surface area contributed by atoms with E-state index in [0.717, 1.165) is 30.8 Å². The molecule has 0 aromatic rings. The van der Waals surface area contributed by atoms with Crippen molar-refractivity contribution in [2.24, 2.45) is 34.5 Å². The lowest BCUT2D eigenvalue weighted by Gasteiger charge is -2.58. The molecule has 2 bridgehead atoms. The van der Waals surface area contributed by atoms with Gasteiger partial charge in [0.2, 0.25) is 0 Å². The molecule has 0 heterocycles. The number of fused-ring (bicyclic) bond motifs is 1. The van der Waals surface area contributed by atoms with E-state index in [1.165, 1.54) is 18.4 Å². The van der Waals surface area contributed by atoms with Crippen molar-refractivity contribution in [2.45, 2.75) is 52.9 Å². The highest BCUT2D eigenvalue weighted by molar-refractivity contribution is 6.03. The van der Waals surface area contributed by atoms with Gasteiger partial charge in [-0.1, -0.05) is 31.6 Å². The fraction of sp³-hybridized carbons (Fsp3) is 0.750. The summed E-state index contributed by atoms with van der Waals surface area (Å²) in [6.07, 6.45) is 10.2. The second-order valence-corrected chi connectivity index (χ2v) is 8.54. The summed E-state index contributed by atoms with van der Waals surface area (Å²) in [5.74, 6) is 2.37. The van der Waals surface area contributed by atoms with E-state index >= 15 is 0 Å². The predicted molar refractivity (Wildman–Crippen MR) is 87.2 cm³/mol. The molecule has 4 aliphatic carbocycles. The third kappa shape index (κ3) is 1.43. The van der Waals surface area contributed by atoms with Crippen LogP contribution >= 0.6 is 0 Å². The van der Waals surface area contributed by atoms with E-state index in [2.05, 4.69) is 32.9 Å². The molecular formula is C20H28O2. The Morgan fingerprint density at radius 1 is 1.27 bits per heavy atom. The summed E-state index contributed by atoms with van der Waals surface area (Å²) in [6, 6.07) is 0. The summed E-state index contributed by atoms with van der Waals surface area (Å²) in [5, 5.41) is 9.24. The standard InChI is InChI=1S/C20H28O2/c1-12-17-11-14-7-9-15-13(5-4-10-21)6-8-16(18(12)22)20(15,17)19(14,2)3/h6,8,13-16,21H,4-5,7,9-11H2,1-3H3. The Labute approximate surface area is 133 Å². The highest BCUT2D eigenvalue weighted by atomic mass is 16.2. The number of Topliss-reactive ketones (excluding diaryl/α,β-unsaturated/α-hetero) is 1. The van der Waals surface area contributed by atoms with Gasteiger partial charge in [0.15, 0.2) is 5.78 Å². The molecule has 0 aromatic heterocycles. The van der Waals surface area contributed by atoms with Gasteiger partial charge in [0.25, 0.3) is 0 Å². The van der Waals surface area contributed by atoms with Gasteiger partial charge in [-0.3, -0.25) is 4.79 Å². The summed E-state index contributed by atoms with van der Waals surface area (Å²) < 4.78 is 0. The van der Waals surface area contributed by atoms with Crippen LogP contribution in [0.15, 0.2) is 23.3 Å². The molecule has 0 aromatic carbocycles. The van der Waals surface area contributed by atoms with Crippen molar-refractivity contribution in [3.05, 3.63) is 23.3 Å². The first kappa shape index (κ1) is 14.7. The molecule has 2 heteroatoms. The summed E-state index contributed by atoms with van der Waals surface area (Å²) in [4.78, 5) is 12.9. The number of rotatable bonds is 3. The number of aliphatic hydroxyl groups is 1. The maximum absolute atomic E-state index is 12.9. The van der Waals surface area contributed by atoms with Crippen LogP contribution in [0.5, 0.6) is 0 Å². The lowest BCUT2D eigenvalue weighted by Crippen LogP contribution is -2.54. The first-order chi connectivity index (χ1) is 10.5. The van der Waals surface area contributed by atoms with Crippen molar-refractivity contribution in [2.75, 3.05) is 6.61 Å². The summed E-state index contributed by atoms with van der Waals surface area (Å²) in [5.41, 5.74) is 2.91. The number of hydrogen-bond acceptors (Lipinski definition) is 2. The number of ketones is 1. The van der Waals surface area contributed by atoms with Gasteiger partial charge in [-0.2, -0.15) is 0 Å². The Morgan fingerprint density at radius 2 is 2.05 bits per heavy atom. The maximum Gasteiger partial charge on any atom is 0.166 e. The number of allylic oxidation sites excluding steroid dienone is 4. The third-order valence-electron chi connectivity index (χ3n) is 7.81. The van der Waals surface area contributed by atoms with Crippen LogP contribution in [0.25, 0.3) is 0 Å². The molecule has 1 spiro atoms. The molecule has 0 saturated heterocycles. The minimum atomic E-state index is 0.0892. The predicted octanol–water partition coefficient (Wildman–Crippen LogP) is 3.90. The molecule has 0 radical (unpaired) electrons. The molecule has 2 saturated carbocycles. The molecule has 2 nitrogen and oxygen atoms in total. The molecule has 5 atom stereocenters. The van der Waals surface area contributed by atoms with E-state index in [-0.39, 0.29) is 23.4 Å². The number of carbonyl (C=O) groups excluding carboxylic acids is 1. The van der Waals surface area contributed by atoms with Gasteiger partial charge >= 0.3 is 0 Å². The molecule has 4 aliphatic rings. The molecule has 0 aliphatic heterocycles. The van der Waals surface area contributed by atoms with Crippen LogP contribution < -0.4 is 0 Å². The maximum atomic E-state index is 12.9. The molecule has 1 N–H and O–H groups in total. The molecule has 0 amide bonds. The Kier molecular flexibility index (Phi) is 3.05. The second-order valence-electron chi connectivity index (χ2n) is 8.54. The van der Waals surface area contributed by atoms with Gasteiger partial charge in [0, 0.05) is 12.0 Å². The van der Waals surface area contributed by atoms with Crippen LogP contribution in [0.3, 0.4) is 0 Å². The van der Waals surface area contributed by atoms with E-state index in [1.54, 1.807) is 0 Å². The smallest absolute Gasteiger partial charge is 0.166 e. The quantitative estimate of drug-likeness (QED) is 0.803. The molecule has 22 heavy (non-hydrogen) atoms. The van der Waals surface area contributed by atoms with Gasteiger partial charge in [-0.25, -0.2) is 0 Å². The van der Waals surface area contributed by atoms with E-state index in [4.69, 9.17) is 0 Å². The van der Waals surface area contributed by atoms with Crippen LogP contribution in [0.4, 0.5) is 0 Å². The minimum Gasteiger partial charge on any atom is -0.396 e. The zero-order valence-electron chi connectivity index (χ0n) is 14.1. The average Bonchev–Trinajstić information content (AvgIpc) is 2.76. The van der Waals surface area contributed by atoms with Crippen LogP contribution in [-0.2, 0) is 4.79 Å². The Balaban J connectivity index is 1.88. The van der Waals surface area contributed by atoms with Crippen molar-refractivity contribution in [1.82, 2.24) is 0 Å². The SMILES string of the molecule is CC1=C2CC3CCC4C(CCCO)C=CC(C1=O)C24C3(C)C. The fourth-order valence-electron chi connectivity index (χ4n) is 6.84. The van der Waals surface area contributed by atoms with Gasteiger partial charge in [-0.05, 0) is 67.8 Å². The average molecular weight is 300 g/mol. The van der Waals surface area contributed by atoms with Crippen LogP contribution in [-0.4, -0.2) is 17.5 Å². The Bertz CT molecular complexity index is 583. The summed E-state index contributed by atoms with van der Waals surface area (Å²) in [7, 11) is 0. The number of hydrogen-bond donors (Lipinski definition) is 1. The lowest BCUT2D eigenvalue weighted by molar-refractivity contribution is -0.128. The first-order valence-electron chi connectivity index (χ1n) is 8.99. The highest BCUT2D eigenvalue weighted by Gasteiger charge is 2.71. The van der Waals surface area contributed by atoms with Crippen molar-refractivity contribution in [3.8, 4) is 0 Å². The zero-order chi connectivity index (χ0) is 15.7. The van der Waals surface area contributed by atoms with E-state index in [0.29, 0.717) is 17.6 Å². The highest BCUT2D eigenvalue weighted by Crippen LogP contribution is 2.76. The largest absolute Gasteiger partial charge is 0.396 e. The fourth-order valence-corrected chi connectivity index (χ4v) is 6.84. The molecule has 120 valence electrons. The molecule has 2 fully saturated rings. The van der Waals surface area contributed by atoms with Gasteiger partial charge in [0.1, 0.15) is 0 Å². The molecular weight excluding hydrogens is 272 g/mol. The minimum absolute atomic E-state index is 0.0892. The van der Waals surface area contributed by atoms with E-state index < -0.39 is 0 Å². The van der Waals surface area contributed by atoms with Crippen LogP contribution in [0, 0.1) is 34.5 Å². The monoisotopic (exact) mass is 300 g/mol. The van der Waals surface area contributed by atoms with Gasteiger partial charge in [-0.15, -0.1) is 0 Å². The molecule has 5 unspecified atom stereocenters. The van der Waals surface area contributed by atoms with Crippen molar-refractivity contribution in [1.29, 1.82) is 0 Å². The first-order valence-corrected chi connectivity index (χ1v) is 8.99. The topological polar surface area (TPSA) is 37.3 Å². The van der Waals surface area contributed by atoms with Crippen LogP contribution in [0.1, 0.15) is 52.9 Å². The normalized spacial score (nSPS) is 44.6. The number of aliphatic hydroxyl groups excluding tert-OH is 1. The van der Waals surface area contributed by atoms with Gasteiger partial charge < -0.3 is 5.11 Å². The van der Waals surface area contributed by atoms with E-state index in [9.17, 15) is 9.90 Å². The van der Waals surface area contributed by atoms with Crippen molar-refractivity contribution >= 4 is 5.78 Å². The zero-order valence-corrected chi connectivity index (χ0v) is 14.1. The Hall–Kier alpha value is -0.890. The summed E-state index contributed by atoms with van der Waals surface area (Å²) in [6.45, 7) is 7.21. The van der Waals surface area contributed by atoms with Crippen molar-refractivity contribution in [3.63, 3.8) is 0 Å². The number of carbonyl (C=O) groups is 1. The van der Waals surface area contributed by atoms with Crippen molar-refractivity contribution < 1.29 is 9.90 Å². The summed E-state index contributed by atoms with van der Waals surface area (Å²) >= 11 is 0. The third-order valence-corrected chi connectivity index (χ3v) is 7.81. The van der Waals surface area contributed by atoms with Crippen LogP contribution in [0.2, 0.25) is 0 Å². The second kappa shape index (κ2) is 4.56. The molecule has 4 rings (SSSR count). The van der Waals surface area contributed by atoms with E-state index in [1.807, 2.05) is 0 Å². The lowest BCUT2D eigenvalue weighted by atomic mass is 9.45. The Morgan fingerprint density at radius 3 is 2.77 bits per heavy atom.